The maximum Gasteiger partial charge on any atom is -0.0383 e. The largest absolute Gasteiger partial charge is 0.0654 e. The van der Waals surface area contributed by atoms with Crippen molar-refractivity contribution in [2.24, 2.45) is 23.7 Å². The second-order valence-electron chi connectivity index (χ2n) is 5.05. The van der Waals surface area contributed by atoms with Crippen LogP contribution in [0.2, 0.25) is 0 Å². The van der Waals surface area contributed by atoms with Crippen LogP contribution in [-0.4, -0.2) is 0 Å². The van der Waals surface area contributed by atoms with Crippen LogP contribution in [0.4, 0.5) is 0 Å². The zero-order valence-electron chi connectivity index (χ0n) is 9.84. The van der Waals surface area contributed by atoms with Gasteiger partial charge in [-0.25, -0.2) is 0 Å². The van der Waals surface area contributed by atoms with E-state index < -0.39 is 0 Å². The van der Waals surface area contributed by atoms with Crippen molar-refractivity contribution in [3.8, 4) is 0 Å². The van der Waals surface area contributed by atoms with Crippen LogP contribution in [0.5, 0.6) is 0 Å². The molecule has 4 atom stereocenters. The zero-order chi connectivity index (χ0) is 9.84. The first kappa shape index (κ1) is 11.1. The van der Waals surface area contributed by atoms with Crippen molar-refractivity contribution in [1.29, 1.82) is 0 Å². The van der Waals surface area contributed by atoms with Gasteiger partial charge in [0, 0.05) is 0 Å². The summed E-state index contributed by atoms with van der Waals surface area (Å²) in [6.07, 6.45) is 7.27. The summed E-state index contributed by atoms with van der Waals surface area (Å²) >= 11 is 0. The fourth-order valence-corrected chi connectivity index (χ4v) is 2.87. The van der Waals surface area contributed by atoms with E-state index in [2.05, 4.69) is 27.7 Å². The Balaban J connectivity index is 0.000000184. The first-order chi connectivity index (χ1) is 6.20. The highest BCUT2D eigenvalue weighted by molar-refractivity contribution is 4.92. The molecule has 2 bridgehead atoms. The second kappa shape index (κ2) is 5.02. The number of hydrogen-bond acceptors (Lipinski definition) is 0. The average Bonchev–Trinajstić information content (AvgIpc) is 2.72. The Morgan fingerprint density at radius 1 is 0.846 bits per heavy atom. The number of rotatable bonds is 1. The molecule has 0 heterocycles. The molecule has 0 aromatic carbocycles. The van der Waals surface area contributed by atoms with Crippen molar-refractivity contribution in [2.45, 2.75) is 59.8 Å². The fourth-order valence-electron chi connectivity index (χ4n) is 2.87. The molecule has 0 aromatic rings. The first-order valence-corrected chi connectivity index (χ1v) is 6.20. The van der Waals surface area contributed by atoms with Crippen molar-refractivity contribution in [3.63, 3.8) is 0 Å². The normalized spacial score (nSPS) is 41.5. The van der Waals surface area contributed by atoms with Crippen LogP contribution in [0.3, 0.4) is 0 Å². The van der Waals surface area contributed by atoms with Gasteiger partial charge in [-0.2, -0.15) is 0 Å². The second-order valence-corrected chi connectivity index (χ2v) is 5.05. The molecule has 0 nitrogen and oxygen atoms in total. The van der Waals surface area contributed by atoms with Crippen molar-refractivity contribution in [1.82, 2.24) is 0 Å². The minimum absolute atomic E-state index is 1.05. The average molecular weight is 182 g/mol. The minimum Gasteiger partial charge on any atom is -0.0654 e. The summed E-state index contributed by atoms with van der Waals surface area (Å²) in [5, 5.41) is 0. The van der Waals surface area contributed by atoms with E-state index >= 15 is 0 Å². The molecule has 0 aromatic heterocycles. The Kier molecular flexibility index (Phi) is 4.28. The molecule has 78 valence electrons. The molecule has 2 saturated carbocycles. The first-order valence-electron chi connectivity index (χ1n) is 6.20. The van der Waals surface area contributed by atoms with E-state index in [0.717, 1.165) is 23.7 Å². The van der Waals surface area contributed by atoms with E-state index in [9.17, 15) is 0 Å². The molecule has 0 N–H and O–H groups in total. The lowest BCUT2D eigenvalue weighted by Crippen LogP contribution is -2.15. The van der Waals surface area contributed by atoms with Gasteiger partial charge in [-0.3, -0.25) is 0 Å². The highest BCUT2D eigenvalue weighted by atomic mass is 14.5. The molecule has 4 unspecified atom stereocenters. The molecule has 2 aliphatic rings. The SMILES string of the molecule is CC1C2CCC(C2)C1C.CCCC. The smallest absolute Gasteiger partial charge is 0.0383 e. The summed E-state index contributed by atoms with van der Waals surface area (Å²) in [7, 11) is 0. The summed E-state index contributed by atoms with van der Waals surface area (Å²) in [6.45, 7) is 9.24. The van der Waals surface area contributed by atoms with Gasteiger partial charge in [0.25, 0.3) is 0 Å². The van der Waals surface area contributed by atoms with Gasteiger partial charge >= 0.3 is 0 Å². The summed E-state index contributed by atoms with van der Waals surface area (Å²) in [6, 6.07) is 0. The van der Waals surface area contributed by atoms with Gasteiger partial charge in [0.2, 0.25) is 0 Å². The molecule has 2 rings (SSSR count). The minimum atomic E-state index is 1.05. The summed E-state index contributed by atoms with van der Waals surface area (Å²) < 4.78 is 0. The Hall–Kier alpha value is 0. The van der Waals surface area contributed by atoms with Gasteiger partial charge in [-0.1, -0.05) is 40.5 Å². The van der Waals surface area contributed by atoms with Gasteiger partial charge < -0.3 is 0 Å². The van der Waals surface area contributed by atoms with Crippen LogP contribution in [0, 0.1) is 23.7 Å². The lowest BCUT2D eigenvalue weighted by molar-refractivity contribution is 0.259. The molecular weight excluding hydrogens is 156 g/mol. The monoisotopic (exact) mass is 182 g/mol. The summed E-state index contributed by atoms with van der Waals surface area (Å²) in [5.41, 5.74) is 0. The molecular formula is C13H26. The van der Waals surface area contributed by atoms with Gasteiger partial charge in [-0.05, 0) is 42.9 Å². The third-order valence-electron chi connectivity index (χ3n) is 4.33. The molecule has 0 spiro atoms. The predicted molar refractivity (Wildman–Crippen MR) is 59.7 cm³/mol. The van der Waals surface area contributed by atoms with E-state index in [1.165, 1.54) is 25.7 Å². The van der Waals surface area contributed by atoms with Crippen molar-refractivity contribution in [2.75, 3.05) is 0 Å². The van der Waals surface area contributed by atoms with Crippen LogP contribution in [0.1, 0.15) is 59.8 Å². The molecule has 0 heteroatoms. The molecule has 0 aliphatic heterocycles. The molecule has 2 fully saturated rings. The predicted octanol–water partition coefficient (Wildman–Crippen LogP) is 4.49. The van der Waals surface area contributed by atoms with E-state index in [1.54, 1.807) is 6.42 Å². The summed E-state index contributed by atoms with van der Waals surface area (Å²) in [4.78, 5) is 0. The standard InChI is InChI=1S/C9H16.C4H10/c1-6-7(2)9-4-3-8(6)5-9;1-3-4-2/h6-9H,3-5H2,1-2H3;3-4H2,1-2H3. The van der Waals surface area contributed by atoms with Crippen molar-refractivity contribution in [3.05, 3.63) is 0 Å². The van der Waals surface area contributed by atoms with Crippen molar-refractivity contribution >= 4 is 0 Å². The highest BCUT2D eigenvalue weighted by Crippen LogP contribution is 2.51. The third-order valence-corrected chi connectivity index (χ3v) is 4.33. The number of hydrogen-bond donors (Lipinski definition) is 0. The number of fused-ring (bicyclic) bond motifs is 2. The van der Waals surface area contributed by atoms with Crippen LogP contribution < -0.4 is 0 Å². The van der Waals surface area contributed by atoms with Crippen molar-refractivity contribution < 1.29 is 0 Å². The van der Waals surface area contributed by atoms with Gasteiger partial charge in [-0.15, -0.1) is 0 Å². The molecule has 0 radical (unpaired) electrons. The van der Waals surface area contributed by atoms with E-state index in [1.807, 2.05) is 0 Å². The summed E-state index contributed by atoms with van der Waals surface area (Å²) in [5.74, 6) is 4.32. The van der Waals surface area contributed by atoms with Gasteiger partial charge in [0.05, 0.1) is 0 Å². The quantitative estimate of drug-likeness (QED) is 0.560. The van der Waals surface area contributed by atoms with Gasteiger partial charge in [0.1, 0.15) is 0 Å². The lowest BCUT2D eigenvalue weighted by Gasteiger charge is -2.24. The fraction of sp³-hybridized carbons (Fsp3) is 1.00. The maximum absolute atomic E-state index is 2.44. The Morgan fingerprint density at radius 2 is 1.23 bits per heavy atom. The van der Waals surface area contributed by atoms with E-state index in [4.69, 9.17) is 0 Å². The van der Waals surface area contributed by atoms with E-state index in [-0.39, 0.29) is 0 Å². The third kappa shape index (κ3) is 2.48. The van der Waals surface area contributed by atoms with Gasteiger partial charge in [0.15, 0.2) is 0 Å². The highest BCUT2D eigenvalue weighted by Gasteiger charge is 2.42. The Labute approximate surface area is 84.1 Å². The Bertz CT molecular complexity index is 119. The zero-order valence-corrected chi connectivity index (χ0v) is 9.84. The van der Waals surface area contributed by atoms with Crippen LogP contribution >= 0.6 is 0 Å². The number of unbranched alkanes of at least 4 members (excludes halogenated alkanes) is 1. The molecule has 13 heavy (non-hydrogen) atoms. The van der Waals surface area contributed by atoms with Crippen LogP contribution in [0.25, 0.3) is 0 Å². The topological polar surface area (TPSA) is 0 Å². The van der Waals surface area contributed by atoms with Crippen LogP contribution in [0.15, 0.2) is 0 Å². The van der Waals surface area contributed by atoms with E-state index in [0.29, 0.717) is 0 Å². The maximum atomic E-state index is 2.44. The lowest BCUT2D eigenvalue weighted by atomic mass is 9.82. The molecule has 0 amide bonds. The molecule has 2 aliphatic carbocycles. The molecule has 0 saturated heterocycles. The van der Waals surface area contributed by atoms with Crippen LogP contribution in [-0.2, 0) is 0 Å². The Morgan fingerprint density at radius 3 is 1.38 bits per heavy atom.